The molecule has 0 unspecified atom stereocenters. The summed E-state index contributed by atoms with van der Waals surface area (Å²) >= 11 is 0. The molecule has 4 atom stereocenters. The van der Waals surface area contributed by atoms with Crippen molar-refractivity contribution >= 4 is 46.4 Å². The van der Waals surface area contributed by atoms with Gasteiger partial charge in [-0.2, -0.15) is 0 Å². The fraction of sp³-hybridized carbons (Fsp3) is 0.415. The second-order valence-electron chi connectivity index (χ2n) is 14.9. The molecule has 4 aromatic rings. The van der Waals surface area contributed by atoms with Crippen LogP contribution in [-0.4, -0.2) is 94.9 Å². The summed E-state index contributed by atoms with van der Waals surface area (Å²) < 4.78 is 9.48. The molecular formula is C41H47N7O6. The molecule has 0 radical (unpaired) electrons. The third kappa shape index (κ3) is 7.02. The minimum absolute atomic E-state index is 0.0828. The van der Waals surface area contributed by atoms with Crippen LogP contribution in [0.3, 0.4) is 0 Å². The van der Waals surface area contributed by atoms with Gasteiger partial charge in [-0.1, -0.05) is 64.1 Å². The second kappa shape index (κ2) is 15.0. The number of amides is 4. The van der Waals surface area contributed by atoms with Crippen LogP contribution in [0.1, 0.15) is 58.0 Å². The van der Waals surface area contributed by atoms with Gasteiger partial charge in [0.1, 0.15) is 17.9 Å². The Morgan fingerprint density at radius 2 is 1.24 bits per heavy atom. The summed E-state index contributed by atoms with van der Waals surface area (Å²) in [6.45, 7) is 8.84. The van der Waals surface area contributed by atoms with E-state index in [1.165, 1.54) is 14.2 Å². The Morgan fingerprint density at radius 1 is 0.722 bits per heavy atom. The van der Waals surface area contributed by atoms with Crippen molar-refractivity contribution in [3.63, 3.8) is 0 Å². The van der Waals surface area contributed by atoms with Crippen LogP contribution >= 0.6 is 0 Å². The third-order valence-electron chi connectivity index (χ3n) is 10.9. The number of aromatic nitrogens is 2. The smallest absolute Gasteiger partial charge is 0.407 e. The summed E-state index contributed by atoms with van der Waals surface area (Å²) in [6, 6.07) is 19.3. The molecule has 0 aliphatic carbocycles. The van der Waals surface area contributed by atoms with E-state index in [4.69, 9.17) is 19.5 Å². The number of hydrogen-bond donors (Lipinski definition) is 3. The maximum atomic E-state index is 13.4. The van der Waals surface area contributed by atoms with Crippen molar-refractivity contribution < 1.29 is 28.7 Å². The summed E-state index contributed by atoms with van der Waals surface area (Å²) in [4.78, 5) is 67.4. The van der Waals surface area contributed by atoms with Crippen LogP contribution in [-0.2, 0) is 25.5 Å². The molecular weight excluding hydrogens is 686 g/mol. The molecule has 7 rings (SSSR count). The fourth-order valence-corrected chi connectivity index (χ4v) is 7.51. The van der Waals surface area contributed by atoms with E-state index in [-0.39, 0.29) is 35.7 Å². The van der Waals surface area contributed by atoms with Crippen molar-refractivity contribution in [2.24, 2.45) is 16.8 Å². The molecule has 3 N–H and O–H groups in total. The molecule has 282 valence electrons. The van der Waals surface area contributed by atoms with Crippen molar-refractivity contribution in [2.75, 3.05) is 27.3 Å². The molecule has 0 saturated carbocycles. The van der Waals surface area contributed by atoms with E-state index in [2.05, 4.69) is 64.1 Å². The van der Waals surface area contributed by atoms with Crippen molar-refractivity contribution in [3.05, 3.63) is 72.1 Å². The van der Waals surface area contributed by atoms with Gasteiger partial charge in [0, 0.05) is 25.2 Å². The highest BCUT2D eigenvalue weighted by Gasteiger charge is 2.42. The lowest BCUT2D eigenvalue weighted by Crippen LogP contribution is -2.61. The number of aromatic amines is 1. The van der Waals surface area contributed by atoms with Gasteiger partial charge in [0.15, 0.2) is 0 Å². The van der Waals surface area contributed by atoms with Gasteiger partial charge < -0.3 is 34.9 Å². The lowest BCUT2D eigenvalue weighted by Gasteiger charge is -2.43. The van der Waals surface area contributed by atoms with E-state index in [0.717, 1.165) is 68.9 Å². The lowest BCUT2D eigenvalue weighted by atomic mass is 9.91. The number of nitrogens with zero attached hydrogens (tertiary/aromatic N) is 4. The number of H-pyrrole nitrogens is 1. The van der Waals surface area contributed by atoms with Gasteiger partial charge in [0.2, 0.25) is 11.8 Å². The molecule has 4 amide bonds. The summed E-state index contributed by atoms with van der Waals surface area (Å²) in [5.74, 6) is 0.291. The minimum atomic E-state index is -0.681. The summed E-state index contributed by atoms with van der Waals surface area (Å²) in [5, 5.41) is 5.37. The quantitative estimate of drug-likeness (QED) is 0.176. The van der Waals surface area contributed by atoms with Crippen LogP contribution in [0.5, 0.6) is 0 Å². The van der Waals surface area contributed by atoms with E-state index in [1.807, 2.05) is 44.7 Å². The van der Waals surface area contributed by atoms with Crippen LogP contribution in [0.2, 0.25) is 0 Å². The van der Waals surface area contributed by atoms with E-state index in [1.54, 1.807) is 4.90 Å². The molecule has 0 spiro atoms. The third-order valence-corrected chi connectivity index (χ3v) is 10.9. The van der Waals surface area contributed by atoms with Crippen LogP contribution in [0.25, 0.3) is 33.3 Å². The highest BCUT2D eigenvalue weighted by molar-refractivity contribution is 6.02. The molecule has 0 bridgehead atoms. The first-order valence-corrected chi connectivity index (χ1v) is 18.6. The number of methoxy groups -OCH3 is 2. The number of fused-ring (bicyclic) bond motifs is 2. The van der Waals surface area contributed by atoms with Crippen LogP contribution < -0.4 is 10.6 Å². The molecule has 3 aliphatic heterocycles. The van der Waals surface area contributed by atoms with Crippen LogP contribution in [0.4, 0.5) is 15.3 Å². The molecule has 2 saturated heterocycles. The van der Waals surface area contributed by atoms with Crippen molar-refractivity contribution in [3.8, 4) is 22.3 Å². The number of carbonyl (C=O) groups is 4. The first kappa shape index (κ1) is 36.6. The topological polar surface area (TPSA) is 158 Å². The zero-order chi connectivity index (χ0) is 38.3. The predicted molar refractivity (Wildman–Crippen MR) is 205 cm³/mol. The Balaban J connectivity index is 1.01. The number of hydrogen-bond acceptors (Lipinski definition) is 8. The zero-order valence-corrected chi connectivity index (χ0v) is 31.5. The van der Waals surface area contributed by atoms with Crippen molar-refractivity contribution in [1.82, 2.24) is 30.4 Å². The van der Waals surface area contributed by atoms with Gasteiger partial charge in [0.05, 0.1) is 43.0 Å². The molecule has 2 fully saturated rings. The number of ether oxygens (including phenoxy) is 2. The van der Waals surface area contributed by atoms with Gasteiger partial charge in [-0.25, -0.2) is 14.6 Å². The molecule has 4 heterocycles. The van der Waals surface area contributed by atoms with Crippen molar-refractivity contribution in [1.29, 1.82) is 0 Å². The average Bonchev–Trinajstić information content (AvgIpc) is 3.74. The second-order valence-corrected chi connectivity index (χ2v) is 14.9. The van der Waals surface area contributed by atoms with Gasteiger partial charge in [-0.15, -0.1) is 0 Å². The van der Waals surface area contributed by atoms with Gasteiger partial charge in [0.25, 0.3) is 0 Å². The van der Waals surface area contributed by atoms with Crippen LogP contribution in [0.15, 0.2) is 65.7 Å². The SMILES string of the molecule is COC(=O)N[C@H](C(=O)N1CC[C@H]1C1=Nc2ccc(-c3ccc(-c4ccc5nc([C@@H]6CCN6C(=O)[C@@H](NC(=O)OC)C(C)C)[nH]c5c4)cc3)cc2C1)C(C)C. The van der Waals surface area contributed by atoms with E-state index >= 15 is 0 Å². The minimum Gasteiger partial charge on any atom is -0.453 e. The highest BCUT2D eigenvalue weighted by atomic mass is 16.5. The van der Waals surface area contributed by atoms with Crippen molar-refractivity contribution in [2.45, 2.75) is 71.1 Å². The number of likely N-dealkylation sites (tertiary alicyclic amines) is 2. The first-order chi connectivity index (χ1) is 25.9. The maximum absolute atomic E-state index is 13.4. The monoisotopic (exact) mass is 733 g/mol. The summed E-state index contributed by atoms with van der Waals surface area (Å²) in [5.41, 5.74) is 9.03. The van der Waals surface area contributed by atoms with E-state index in [0.29, 0.717) is 19.5 Å². The molecule has 54 heavy (non-hydrogen) atoms. The lowest BCUT2D eigenvalue weighted by molar-refractivity contribution is -0.143. The number of aliphatic imine (C=N–C) groups is 1. The van der Waals surface area contributed by atoms with Crippen LogP contribution in [0, 0.1) is 11.8 Å². The van der Waals surface area contributed by atoms with E-state index in [9.17, 15) is 19.2 Å². The molecule has 13 nitrogen and oxygen atoms in total. The summed E-state index contributed by atoms with van der Waals surface area (Å²) in [7, 11) is 2.58. The number of nitrogens with one attached hydrogen (secondary N) is 3. The number of imidazole rings is 1. The van der Waals surface area contributed by atoms with Gasteiger partial charge in [-0.05, 0) is 76.8 Å². The molecule has 3 aliphatic rings. The number of alkyl carbamates (subject to hydrolysis) is 2. The Kier molecular flexibility index (Phi) is 10.1. The number of carbonyl (C=O) groups excluding carboxylic acids is 4. The normalized spacial score (nSPS) is 18.7. The summed E-state index contributed by atoms with van der Waals surface area (Å²) in [6.07, 6.45) is 1.06. The van der Waals surface area contributed by atoms with Gasteiger partial charge in [-0.3, -0.25) is 14.6 Å². The van der Waals surface area contributed by atoms with E-state index < -0.39 is 24.3 Å². The molecule has 13 heteroatoms. The zero-order valence-electron chi connectivity index (χ0n) is 31.5. The number of benzene rings is 3. The van der Waals surface area contributed by atoms with Gasteiger partial charge >= 0.3 is 12.2 Å². The molecule has 1 aromatic heterocycles. The Labute approximate surface area is 314 Å². The Bertz CT molecular complexity index is 2120. The average molecular weight is 734 g/mol. The maximum Gasteiger partial charge on any atom is 0.407 e. The molecule has 3 aromatic carbocycles. The largest absolute Gasteiger partial charge is 0.453 e. The fourth-order valence-electron chi connectivity index (χ4n) is 7.51. The highest BCUT2D eigenvalue weighted by Crippen LogP contribution is 2.37. The predicted octanol–water partition coefficient (Wildman–Crippen LogP) is 6.16. The Morgan fingerprint density at radius 3 is 1.76 bits per heavy atom. The standard InChI is InChI=1S/C41H47N7O6/c1-22(2)35(45-40(51)53-5)38(49)47-17-15-33(47)32-21-28-19-26(11-13-29(28)42-32)24-7-9-25(10-8-24)27-12-14-30-31(20-27)44-37(43-30)34-16-18-48(34)39(50)36(23(3)4)46-41(52)54-6/h7-14,19-20,22-23,33-36H,15-18,21H2,1-6H3,(H,43,44)(H,45,51)(H,46,52)/t33-,34-,35-,36-/m0/s1. The first-order valence-electron chi connectivity index (χ1n) is 18.6. The number of rotatable bonds is 10. The Hall–Kier alpha value is -5.72.